The number of aliphatic hydroxyl groups excluding tert-OH is 1. The van der Waals surface area contributed by atoms with E-state index in [0.717, 1.165) is 44.9 Å². The molecule has 0 aliphatic heterocycles. The lowest BCUT2D eigenvalue weighted by Crippen LogP contribution is -2.36. The maximum atomic E-state index is 12.0. The number of unbranched alkanes of at least 4 members (excludes halogenated alkanes) is 1. The summed E-state index contributed by atoms with van der Waals surface area (Å²) < 4.78 is 0. The molecule has 2 N–H and O–H groups in total. The fourth-order valence-corrected chi connectivity index (χ4v) is 2.77. The second kappa shape index (κ2) is 20.0. The van der Waals surface area contributed by atoms with Gasteiger partial charge in [-0.1, -0.05) is 88.1 Å². The minimum Gasteiger partial charge on any atom is -0.511 e. The molecule has 0 rings (SSSR count). The van der Waals surface area contributed by atoms with Crippen molar-refractivity contribution < 1.29 is 9.90 Å². The van der Waals surface area contributed by atoms with Gasteiger partial charge in [0.2, 0.25) is 5.91 Å². The Morgan fingerprint density at radius 3 is 1.77 bits per heavy atom. The molecule has 168 valence electrons. The summed E-state index contributed by atoms with van der Waals surface area (Å²) in [4.78, 5) is 12.0. The van der Waals surface area contributed by atoms with E-state index in [0.29, 0.717) is 18.8 Å². The van der Waals surface area contributed by atoms with Gasteiger partial charge in [0, 0.05) is 6.42 Å². The summed E-state index contributed by atoms with van der Waals surface area (Å²) in [5.74, 6) is 0.401. The van der Waals surface area contributed by atoms with Crippen LogP contribution < -0.4 is 5.32 Å². The van der Waals surface area contributed by atoms with Crippen LogP contribution in [0.15, 0.2) is 73.1 Å². The normalized spacial score (nSPS) is 13.6. The number of nitrogens with one attached hydrogen (secondary N) is 1. The molecule has 3 nitrogen and oxygen atoms in total. The third-order valence-electron chi connectivity index (χ3n) is 4.38. The minimum absolute atomic E-state index is 0.0248. The molecule has 0 bridgehead atoms. The predicted molar refractivity (Wildman–Crippen MR) is 131 cm³/mol. The number of carbonyl (C=O) groups excluding carboxylic acids is 1. The molecule has 0 radical (unpaired) electrons. The van der Waals surface area contributed by atoms with E-state index < -0.39 is 0 Å². The van der Waals surface area contributed by atoms with Crippen molar-refractivity contribution in [2.75, 3.05) is 0 Å². The van der Waals surface area contributed by atoms with Crippen LogP contribution >= 0.6 is 0 Å². The van der Waals surface area contributed by atoms with Gasteiger partial charge in [-0.05, 0) is 57.3 Å². The van der Waals surface area contributed by atoms with E-state index in [-0.39, 0.29) is 17.7 Å². The maximum Gasteiger partial charge on any atom is 0.220 e. The first-order valence-corrected chi connectivity index (χ1v) is 11.4. The molecule has 0 aromatic carbocycles. The first kappa shape index (κ1) is 27.7. The van der Waals surface area contributed by atoms with Crippen molar-refractivity contribution in [2.45, 2.75) is 84.6 Å². The molecule has 30 heavy (non-hydrogen) atoms. The SMILES string of the molecule is C=C(O)[C@H](CC(C)C)NC(=O)CCC/C=C\C/C=C\C/C=C\C/C=C\C/C=C\CC. The Kier molecular flexibility index (Phi) is 18.5. The molecule has 1 amide bonds. The van der Waals surface area contributed by atoms with Crippen molar-refractivity contribution in [1.29, 1.82) is 0 Å². The monoisotopic (exact) mass is 413 g/mol. The number of rotatable bonds is 17. The molecule has 0 saturated heterocycles. The molecule has 0 aliphatic rings. The zero-order valence-electron chi connectivity index (χ0n) is 19.4. The zero-order valence-corrected chi connectivity index (χ0v) is 19.4. The van der Waals surface area contributed by atoms with Gasteiger partial charge in [-0.15, -0.1) is 0 Å². The van der Waals surface area contributed by atoms with E-state index in [2.05, 4.69) is 93.4 Å². The molecule has 0 heterocycles. The quantitative estimate of drug-likeness (QED) is 0.147. The van der Waals surface area contributed by atoms with Gasteiger partial charge in [-0.3, -0.25) is 4.79 Å². The number of hydrogen-bond acceptors (Lipinski definition) is 2. The molecular weight excluding hydrogens is 370 g/mol. The second-order valence-electron chi connectivity index (χ2n) is 7.84. The molecule has 1 atom stereocenters. The molecule has 0 spiro atoms. The van der Waals surface area contributed by atoms with Crippen LogP contribution in [0, 0.1) is 5.92 Å². The first-order chi connectivity index (χ1) is 14.5. The van der Waals surface area contributed by atoms with Gasteiger partial charge in [0.15, 0.2) is 0 Å². The molecule has 0 aromatic heterocycles. The highest BCUT2D eigenvalue weighted by Gasteiger charge is 2.16. The fourth-order valence-electron chi connectivity index (χ4n) is 2.77. The summed E-state index contributed by atoms with van der Waals surface area (Å²) in [7, 11) is 0. The van der Waals surface area contributed by atoms with E-state index in [1.807, 2.05) is 0 Å². The lowest BCUT2D eigenvalue weighted by atomic mass is 10.0. The number of hydrogen-bond donors (Lipinski definition) is 2. The van der Waals surface area contributed by atoms with Crippen LogP contribution in [0.2, 0.25) is 0 Å². The Morgan fingerprint density at radius 2 is 1.33 bits per heavy atom. The molecular formula is C27H43NO2. The van der Waals surface area contributed by atoms with Gasteiger partial charge in [-0.2, -0.15) is 0 Å². The molecule has 0 aliphatic carbocycles. The summed E-state index contributed by atoms with van der Waals surface area (Å²) in [5.41, 5.74) is 0. The highest BCUT2D eigenvalue weighted by atomic mass is 16.3. The summed E-state index contributed by atoms with van der Waals surface area (Å²) in [6.45, 7) is 9.82. The van der Waals surface area contributed by atoms with Gasteiger partial charge in [0.25, 0.3) is 0 Å². The fraction of sp³-hybridized carbons (Fsp3) is 0.519. The third-order valence-corrected chi connectivity index (χ3v) is 4.38. The van der Waals surface area contributed by atoms with Crippen molar-refractivity contribution in [3.63, 3.8) is 0 Å². The number of amides is 1. The summed E-state index contributed by atoms with van der Waals surface area (Å²) in [6, 6.07) is -0.341. The first-order valence-electron chi connectivity index (χ1n) is 11.4. The topological polar surface area (TPSA) is 49.3 Å². The Morgan fingerprint density at radius 1 is 0.867 bits per heavy atom. The van der Waals surface area contributed by atoms with Gasteiger partial charge >= 0.3 is 0 Å². The van der Waals surface area contributed by atoms with Gasteiger partial charge in [-0.25, -0.2) is 0 Å². The average molecular weight is 414 g/mol. The second-order valence-corrected chi connectivity index (χ2v) is 7.84. The van der Waals surface area contributed by atoms with Crippen molar-refractivity contribution in [1.82, 2.24) is 5.32 Å². The van der Waals surface area contributed by atoms with E-state index in [1.54, 1.807) is 0 Å². The lowest BCUT2D eigenvalue weighted by Gasteiger charge is -2.19. The van der Waals surface area contributed by atoms with E-state index in [1.165, 1.54) is 0 Å². The number of carbonyl (C=O) groups is 1. The minimum atomic E-state index is -0.341. The van der Waals surface area contributed by atoms with Crippen LogP contribution in [0.1, 0.15) is 78.6 Å². The van der Waals surface area contributed by atoms with E-state index >= 15 is 0 Å². The van der Waals surface area contributed by atoms with Crippen LogP contribution in [0.5, 0.6) is 0 Å². The Balaban J connectivity index is 3.76. The maximum absolute atomic E-state index is 12.0. The molecule has 0 unspecified atom stereocenters. The largest absolute Gasteiger partial charge is 0.511 e. The average Bonchev–Trinajstić information content (AvgIpc) is 2.69. The highest BCUT2D eigenvalue weighted by Crippen LogP contribution is 2.10. The van der Waals surface area contributed by atoms with E-state index in [4.69, 9.17) is 0 Å². The molecule has 0 fully saturated rings. The van der Waals surface area contributed by atoms with Crippen molar-refractivity contribution >= 4 is 5.91 Å². The summed E-state index contributed by atoms with van der Waals surface area (Å²) in [6.07, 6.45) is 29.7. The predicted octanol–water partition coefficient (Wildman–Crippen LogP) is 7.51. The van der Waals surface area contributed by atoms with Crippen LogP contribution in [0.3, 0.4) is 0 Å². The Bertz CT molecular complexity index is 594. The van der Waals surface area contributed by atoms with Crippen molar-refractivity contribution in [2.24, 2.45) is 5.92 Å². The lowest BCUT2D eigenvalue weighted by molar-refractivity contribution is -0.121. The Hall–Kier alpha value is -2.29. The molecule has 3 heteroatoms. The van der Waals surface area contributed by atoms with Crippen LogP contribution in [-0.4, -0.2) is 17.1 Å². The van der Waals surface area contributed by atoms with Crippen molar-refractivity contribution in [3.8, 4) is 0 Å². The van der Waals surface area contributed by atoms with Crippen LogP contribution in [0.25, 0.3) is 0 Å². The zero-order chi connectivity index (χ0) is 22.5. The molecule has 0 saturated carbocycles. The Labute approximate surface area is 185 Å². The van der Waals surface area contributed by atoms with Gasteiger partial charge in [0.05, 0.1) is 6.04 Å². The highest BCUT2D eigenvalue weighted by molar-refractivity contribution is 5.76. The summed E-state index contributed by atoms with van der Waals surface area (Å²) in [5, 5.41) is 12.5. The van der Waals surface area contributed by atoms with Crippen LogP contribution in [-0.2, 0) is 4.79 Å². The van der Waals surface area contributed by atoms with Crippen LogP contribution in [0.4, 0.5) is 0 Å². The van der Waals surface area contributed by atoms with Gasteiger partial charge < -0.3 is 10.4 Å². The third kappa shape index (κ3) is 19.0. The number of allylic oxidation sites excluding steroid dienone is 10. The molecule has 0 aromatic rings. The number of aliphatic hydroxyl groups is 1. The van der Waals surface area contributed by atoms with E-state index in [9.17, 15) is 9.90 Å². The van der Waals surface area contributed by atoms with Crippen molar-refractivity contribution in [3.05, 3.63) is 73.1 Å². The summed E-state index contributed by atoms with van der Waals surface area (Å²) >= 11 is 0. The van der Waals surface area contributed by atoms with Gasteiger partial charge in [0.1, 0.15) is 5.76 Å². The standard InChI is InChI=1S/C27H43NO2/c1-5-6-7-8-9-10-11-12-13-14-15-16-17-18-19-20-21-22-27(30)28-26(25(4)29)23-24(2)3/h6-7,9-10,12-13,15-16,18-19,24,26,29H,4-5,8,11,14,17,20-23H2,1-3H3,(H,28,30)/b7-6-,10-9-,13-12-,16-15-,19-18-/t26-/m0/s1. The smallest absolute Gasteiger partial charge is 0.220 e.